The van der Waals surface area contributed by atoms with Crippen LogP contribution in [0.25, 0.3) is 0 Å². The zero-order valence-electron chi connectivity index (χ0n) is 10.6. The molecule has 0 aliphatic carbocycles. The molecule has 1 rings (SSSR count). The number of esters is 1. The fraction of sp³-hybridized carbons (Fsp3) is 0.286. The summed E-state index contributed by atoms with van der Waals surface area (Å²) in [5.74, 6) is -0.810. The number of ether oxygens (including phenoxy) is 1. The summed E-state index contributed by atoms with van der Waals surface area (Å²) in [7, 11) is 1.30. The molecule has 18 heavy (non-hydrogen) atoms. The van der Waals surface area contributed by atoms with Crippen molar-refractivity contribution in [2.24, 2.45) is 0 Å². The van der Waals surface area contributed by atoms with E-state index in [2.05, 4.69) is 16.6 Å². The predicted molar refractivity (Wildman–Crippen MR) is 68.9 cm³/mol. The van der Waals surface area contributed by atoms with E-state index in [4.69, 9.17) is 0 Å². The Morgan fingerprint density at radius 2 is 1.94 bits per heavy atom. The van der Waals surface area contributed by atoms with E-state index in [-0.39, 0.29) is 5.91 Å². The average Bonchev–Trinajstić information content (AvgIpc) is 2.38. The number of amides is 1. The van der Waals surface area contributed by atoms with Crippen LogP contribution in [0.2, 0.25) is 0 Å². The molecule has 0 heterocycles. The molecule has 0 spiro atoms. The molecule has 4 heteroatoms. The summed E-state index contributed by atoms with van der Waals surface area (Å²) in [6.45, 7) is 5.13. The van der Waals surface area contributed by atoms with Gasteiger partial charge in [0.1, 0.15) is 6.04 Å². The minimum atomic E-state index is -0.693. The largest absolute Gasteiger partial charge is 0.467 e. The molecule has 1 aromatic rings. The molecule has 0 bridgehead atoms. The molecule has 1 aromatic carbocycles. The maximum atomic E-state index is 11.6. The van der Waals surface area contributed by atoms with Crippen molar-refractivity contribution in [2.75, 3.05) is 7.11 Å². The first-order valence-electron chi connectivity index (χ1n) is 5.62. The fourth-order valence-electron chi connectivity index (χ4n) is 1.47. The second kappa shape index (κ2) is 6.59. The minimum absolute atomic E-state index is 0.346. The number of hydrogen-bond acceptors (Lipinski definition) is 3. The summed E-state index contributed by atoms with van der Waals surface area (Å²) in [6.07, 6.45) is 0.395. The van der Waals surface area contributed by atoms with Crippen LogP contribution in [0.5, 0.6) is 0 Å². The Hall–Kier alpha value is -2.10. The van der Waals surface area contributed by atoms with Gasteiger partial charge in [0.25, 0.3) is 0 Å². The van der Waals surface area contributed by atoms with Crippen LogP contribution in [0, 0.1) is 0 Å². The maximum Gasteiger partial charge on any atom is 0.328 e. The van der Waals surface area contributed by atoms with Gasteiger partial charge in [-0.15, -0.1) is 0 Å². The molecule has 1 amide bonds. The van der Waals surface area contributed by atoms with Gasteiger partial charge in [0.05, 0.1) is 7.11 Å². The van der Waals surface area contributed by atoms with Crippen LogP contribution in [0.3, 0.4) is 0 Å². The summed E-state index contributed by atoms with van der Waals surface area (Å²) >= 11 is 0. The van der Waals surface area contributed by atoms with Gasteiger partial charge in [-0.1, -0.05) is 36.9 Å². The third-order valence-electron chi connectivity index (χ3n) is 2.46. The van der Waals surface area contributed by atoms with Crippen LogP contribution in [-0.2, 0) is 20.7 Å². The van der Waals surface area contributed by atoms with Gasteiger partial charge in [-0.25, -0.2) is 4.79 Å². The predicted octanol–water partition coefficient (Wildman–Crippen LogP) is 1.46. The van der Waals surface area contributed by atoms with Crippen molar-refractivity contribution in [3.8, 4) is 0 Å². The molecule has 0 saturated carbocycles. The molecule has 96 valence electrons. The van der Waals surface area contributed by atoms with Crippen molar-refractivity contribution < 1.29 is 14.3 Å². The second-order valence-corrected chi connectivity index (χ2v) is 4.02. The lowest BCUT2D eigenvalue weighted by Crippen LogP contribution is -2.43. The van der Waals surface area contributed by atoms with Gasteiger partial charge in [0, 0.05) is 12.0 Å². The van der Waals surface area contributed by atoms with Crippen molar-refractivity contribution in [1.29, 1.82) is 0 Å². The first kappa shape index (κ1) is 14.0. The van der Waals surface area contributed by atoms with Crippen molar-refractivity contribution in [3.63, 3.8) is 0 Å². The van der Waals surface area contributed by atoms with E-state index in [1.807, 2.05) is 30.3 Å². The Bertz CT molecular complexity index is 440. The molecular weight excluding hydrogens is 230 g/mol. The smallest absolute Gasteiger partial charge is 0.328 e. The summed E-state index contributed by atoms with van der Waals surface area (Å²) in [6, 6.07) is 8.74. The van der Waals surface area contributed by atoms with E-state index in [1.165, 1.54) is 7.11 Å². The minimum Gasteiger partial charge on any atom is -0.467 e. The van der Waals surface area contributed by atoms with Gasteiger partial charge in [0.2, 0.25) is 5.91 Å². The van der Waals surface area contributed by atoms with Crippen LogP contribution in [-0.4, -0.2) is 25.0 Å². The first-order valence-corrected chi connectivity index (χ1v) is 5.62. The molecule has 0 saturated heterocycles. The van der Waals surface area contributed by atoms with Crippen molar-refractivity contribution >= 4 is 11.9 Å². The molecule has 0 aromatic heterocycles. The van der Waals surface area contributed by atoms with Crippen LogP contribution < -0.4 is 5.32 Å². The maximum absolute atomic E-state index is 11.6. The lowest BCUT2D eigenvalue weighted by Gasteiger charge is -2.16. The second-order valence-electron chi connectivity index (χ2n) is 4.02. The van der Waals surface area contributed by atoms with Crippen LogP contribution in [0.1, 0.15) is 12.5 Å². The molecule has 1 atom stereocenters. The van der Waals surface area contributed by atoms with Gasteiger partial charge in [-0.2, -0.15) is 0 Å². The molecule has 0 aliphatic rings. The number of methoxy groups -OCH3 is 1. The molecule has 0 radical (unpaired) electrons. The van der Waals surface area contributed by atoms with E-state index >= 15 is 0 Å². The number of rotatable bonds is 5. The van der Waals surface area contributed by atoms with E-state index in [1.54, 1.807) is 6.92 Å². The fourth-order valence-corrected chi connectivity index (χ4v) is 1.47. The summed E-state index contributed by atoms with van der Waals surface area (Å²) in [4.78, 5) is 23.2. The third kappa shape index (κ3) is 4.05. The summed E-state index contributed by atoms with van der Waals surface area (Å²) in [5.41, 5.74) is 1.31. The number of carbonyl (C=O) groups is 2. The third-order valence-corrected chi connectivity index (χ3v) is 2.46. The zero-order chi connectivity index (χ0) is 13.5. The highest BCUT2D eigenvalue weighted by atomic mass is 16.5. The normalized spacial score (nSPS) is 11.4. The van der Waals surface area contributed by atoms with Crippen LogP contribution in [0.15, 0.2) is 42.5 Å². The Balaban J connectivity index is 2.76. The van der Waals surface area contributed by atoms with Gasteiger partial charge >= 0.3 is 5.97 Å². The van der Waals surface area contributed by atoms with Crippen molar-refractivity contribution in [2.45, 2.75) is 19.4 Å². The first-order chi connectivity index (χ1) is 8.54. The monoisotopic (exact) mass is 247 g/mol. The van der Waals surface area contributed by atoms with E-state index in [0.717, 1.165) is 5.56 Å². The van der Waals surface area contributed by atoms with E-state index in [0.29, 0.717) is 12.0 Å². The summed E-state index contributed by atoms with van der Waals surface area (Å²) in [5, 5.41) is 2.60. The quantitative estimate of drug-likeness (QED) is 0.633. The molecule has 4 nitrogen and oxygen atoms in total. The zero-order valence-corrected chi connectivity index (χ0v) is 10.6. The number of carbonyl (C=O) groups excluding carboxylic acids is 2. The molecule has 1 unspecified atom stereocenters. The van der Waals surface area contributed by atoms with Gasteiger partial charge in [-0.3, -0.25) is 4.79 Å². The van der Waals surface area contributed by atoms with E-state index in [9.17, 15) is 9.59 Å². The van der Waals surface area contributed by atoms with Crippen LogP contribution in [0.4, 0.5) is 0 Å². The highest BCUT2D eigenvalue weighted by molar-refractivity contribution is 5.95. The molecular formula is C14H17NO3. The lowest BCUT2D eigenvalue weighted by molar-refractivity contribution is -0.144. The topological polar surface area (TPSA) is 55.4 Å². The van der Waals surface area contributed by atoms with Crippen molar-refractivity contribution in [1.82, 2.24) is 5.32 Å². The highest BCUT2D eigenvalue weighted by Crippen LogP contribution is 2.05. The summed E-state index contributed by atoms with van der Waals surface area (Å²) < 4.78 is 4.68. The average molecular weight is 247 g/mol. The number of benzene rings is 1. The number of hydrogen-bond donors (Lipinski definition) is 1. The SMILES string of the molecule is C=C(C)C(=O)NC(Cc1ccccc1)C(=O)OC. The molecule has 0 fully saturated rings. The van der Waals surface area contributed by atoms with Crippen LogP contribution >= 0.6 is 0 Å². The Morgan fingerprint density at radius 1 is 1.33 bits per heavy atom. The Morgan fingerprint density at radius 3 is 2.44 bits per heavy atom. The van der Waals surface area contributed by atoms with Gasteiger partial charge < -0.3 is 10.1 Å². The van der Waals surface area contributed by atoms with Gasteiger partial charge in [-0.05, 0) is 12.5 Å². The molecule has 1 N–H and O–H groups in total. The standard InChI is InChI=1S/C14H17NO3/c1-10(2)13(16)15-12(14(17)18-3)9-11-7-5-4-6-8-11/h4-8,12H,1,9H2,2-3H3,(H,15,16). The molecule has 0 aliphatic heterocycles. The Kier molecular flexibility index (Phi) is 5.11. The Labute approximate surface area is 107 Å². The highest BCUT2D eigenvalue weighted by Gasteiger charge is 2.21. The lowest BCUT2D eigenvalue weighted by atomic mass is 10.1. The van der Waals surface area contributed by atoms with Crippen molar-refractivity contribution in [3.05, 3.63) is 48.0 Å². The van der Waals surface area contributed by atoms with E-state index < -0.39 is 12.0 Å². The number of nitrogens with one attached hydrogen (secondary N) is 1. The van der Waals surface area contributed by atoms with Gasteiger partial charge in [0.15, 0.2) is 0 Å².